The quantitative estimate of drug-likeness (QED) is 0.674. The number of aromatic hydroxyl groups is 1. The fraction of sp³-hybridized carbons (Fsp3) is 0.688. The highest BCUT2D eigenvalue weighted by atomic mass is 28.4. The molecule has 2 aromatic heterocycles. The van der Waals surface area contributed by atoms with E-state index < -0.39 is 32.9 Å². The Balaban J connectivity index is 2.01. The number of imidazole rings is 1. The lowest BCUT2D eigenvalue weighted by Crippen LogP contribution is -2.48. The summed E-state index contributed by atoms with van der Waals surface area (Å²) >= 11 is 0. The summed E-state index contributed by atoms with van der Waals surface area (Å²) in [6, 6.07) is 0. The van der Waals surface area contributed by atoms with Crippen LogP contribution in [0, 0.1) is 0 Å². The summed E-state index contributed by atoms with van der Waals surface area (Å²) in [6.07, 6.45) is -0.486. The Kier molecular flexibility index (Phi) is 4.82. The molecule has 1 aliphatic heterocycles. The van der Waals surface area contributed by atoms with Gasteiger partial charge in [-0.25, -0.2) is 9.97 Å². The van der Waals surface area contributed by atoms with E-state index in [4.69, 9.17) is 9.16 Å². The van der Waals surface area contributed by atoms with Crippen LogP contribution in [0.1, 0.15) is 27.0 Å². The third-order valence-corrected chi connectivity index (χ3v) is 9.82. The van der Waals surface area contributed by atoms with Crippen molar-refractivity contribution in [1.82, 2.24) is 19.5 Å². The molecule has 0 aliphatic carbocycles. The van der Waals surface area contributed by atoms with Crippen LogP contribution >= 0.6 is 0 Å². The maximum absolute atomic E-state index is 10.7. The molecule has 0 radical (unpaired) electrons. The second kappa shape index (κ2) is 6.53. The molecule has 3 heterocycles. The van der Waals surface area contributed by atoms with Gasteiger partial charge in [-0.2, -0.15) is 4.98 Å². The van der Waals surface area contributed by atoms with Crippen molar-refractivity contribution in [3.8, 4) is 5.88 Å². The summed E-state index contributed by atoms with van der Waals surface area (Å²) < 4.78 is 13.9. The number of hydrogen-bond acceptors (Lipinski definition) is 8. The number of aromatic nitrogens is 4. The van der Waals surface area contributed by atoms with Gasteiger partial charge in [0.05, 0.1) is 12.9 Å². The summed E-state index contributed by atoms with van der Waals surface area (Å²) in [5, 5.41) is 30.0. The lowest BCUT2D eigenvalue weighted by atomic mass is 10.1. The first-order valence-corrected chi connectivity index (χ1v) is 11.5. The van der Waals surface area contributed by atoms with E-state index in [1.807, 2.05) is 0 Å². The molecule has 1 fully saturated rings. The number of nitrogens with zero attached hydrogens (tertiary/aromatic N) is 4. The lowest BCUT2D eigenvalue weighted by molar-refractivity contribution is -0.0497. The van der Waals surface area contributed by atoms with Crippen molar-refractivity contribution in [2.45, 2.75) is 63.4 Å². The van der Waals surface area contributed by atoms with Crippen molar-refractivity contribution in [3.05, 3.63) is 12.7 Å². The van der Waals surface area contributed by atoms with Crippen molar-refractivity contribution >= 4 is 19.5 Å². The van der Waals surface area contributed by atoms with Gasteiger partial charge in [0.15, 0.2) is 25.7 Å². The van der Waals surface area contributed by atoms with E-state index in [0.717, 1.165) is 0 Å². The van der Waals surface area contributed by atoms with E-state index in [1.54, 1.807) is 4.57 Å². The third-order valence-electron chi connectivity index (χ3n) is 5.34. The Morgan fingerprint density at radius 3 is 2.58 bits per heavy atom. The average Bonchev–Trinajstić information content (AvgIpc) is 3.09. The molecule has 0 amide bonds. The van der Waals surface area contributed by atoms with Crippen LogP contribution in [0.15, 0.2) is 12.7 Å². The second-order valence-electron chi connectivity index (χ2n) is 8.10. The smallest absolute Gasteiger partial charge is 0.242 e. The third kappa shape index (κ3) is 3.12. The number of aliphatic hydroxyl groups excluding tert-OH is 2. The molecule has 0 aromatic carbocycles. The zero-order valence-electron chi connectivity index (χ0n) is 15.6. The van der Waals surface area contributed by atoms with Crippen molar-refractivity contribution in [3.63, 3.8) is 0 Å². The van der Waals surface area contributed by atoms with Crippen LogP contribution in [0.5, 0.6) is 5.88 Å². The fourth-order valence-corrected chi connectivity index (χ4v) is 4.05. The van der Waals surface area contributed by atoms with Crippen LogP contribution in [0.2, 0.25) is 18.1 Å². The van der Waals surface area contributed by atoms with Gasteiger partial charge < -0.3 is 24.5 Å². The zero-order valence-corrected chi connectivity index (χ0v) is 16.6. The highest BCUT2D eigenvalue weighted by Gasteiger charge is 2.50. The minimum atomic E-state index is -2.22. The standard InChI is InChI=1S/C16H26N4O5Si/c1-16(2,3)26(4,5)25-12-11(22)9(6-21)24-15(12)20-8-19-10-13(20)17-7-18-14(10)23/h7-9,11-12,15,21-22H,6H2,1-5H3,(H,17,18,23)/t9-,11-,12-,15-/m1/s1. The Labute approximate surface area is 152 Å². The Hall–Kier alpha value is -1.59. The average molecular weight is 382 g/mol. The van der Waals surface area contributed by atoms with Crippen LogP contribution in [0.25, 0.3) is 11.2 Å². The number of fused-ring (bicyclic) bond motifs is 1. The molecule has 2 aromatic rings. The van der Waals surface area contributed by atoms with Crippen LogP contribution in [-0.2, 0) is 9.16 Å². The molecular weight excluding hydrogens is 356 g/mol. The van der Waals surface area contributed by atoms with Crippen molar-refractivity contribution in [2.24, 2.45) is 0 Å². The predicted molar refractivity (Wildman–Crippen MR) is 96.1 cm³/mol. The molecule has 3 N–H and O–H groups in total. The Morgan fingerprint density at radius 1 is 1.27 bits per heavy atom. The van der Waals surface area contributed by atoms with E-state index in [2.05, 4.69) is 48.8 Å². The first kappa shape index (κ1) is 19.2. The van der Waals surface area contributed by atoms with Gasteiger partial charge in [0.2, 0.25) is 5.88 Å². The van der Waals surface area contributed by atoms with Crippen LogP contribution in [-0.4, -0.2) is 68.1 Å². The molecule has 0 saturated carbocycles. The van der Waals surface area contributed by atoms with Crippen LogP contribution in [0.4, 0.5) is 0 Å². The van der Waals surface area contributed by atoms with Gasteiger partial charge in [0.1, 0.15) is 24.6 Å². The zero-order chi connectivity index (χ0) is 19.3. The van der Waals surface area contributed by atoms with E-state index in [9.17, 15) is 15.3 Å². The van der Waals surface area contributed by atoms with Crippen molar-refractivity contribution in [1.29, 1.82) is 0 Å². The lowest BCUT2D eigenvalue weighted by Gasteiger charge is -2.40. The summed E-state index contributed by atoms with van der Waals surface area (Å²) in [6.45, 7) is 10.2. The van der Waals surface area contributed by atoms with Gasteiger partial charge in [0, 0.05) is 0 Å². The van der Waals surface area contributed by atoms with E-state index in [-0.39, 0.29) is 23.0 Å². The molecule has 26 heavy (non-hydrogen) atoms. The highest BCUT2D eigenvalue weighted by Crippen LogP contribution is 2.42. The molecule has 144 valence electrons. The van der Waals surface area contributed by atoms with Crippen molar-refractivity contribution in [2.75, 3.05) is 6.61 Å². The molecule has 1 saturated heterocycles. The van der Waals surface area contributed by atoms with Gasteiger partial charge in [-0.05, 0) is 18.1 Å². The van der Waals surface area contributed by atoms with Gasteiger partial charge in [-0.3, -0.25) is 4.57 Å². The summed E-state index contributed by atoms with van der Waals surface area (Å²) in [5.41, 5.74) is 0.612. The molecule has 0 unspecified atom stereocenters. The molecule has 0 spiro atoms. The minimum Gasteiger partial charge on any atom is -0.492 e. The fourth-order valence-electron chi connectivity index (χ4n) is 2.76. The number of aliphatic hydroxyl groups is 2. The SMILES string of the molecule is CC(C)(C)[Si](C)(C)O[C@@H]1[C@H](O)[C@@H](CO)O[C@H]1n1cnc2c(O)ncnc21. The molecule has 0 bridgehead atoms. The second-order valence-corrected chi connectivity index (χ2v) is 12.9. The van der Waals surface area contributed by atoms with E-state index in [0.29, 0.717) is 5.65 Å². The largest absolute Gasteiger partial charge is 0.492 e. The van der Waals surface area contributed by atoms with E-state index in [1.165, 1.54) is 12.7 Å². The number of hydrogen-bond donors (Lipinski definition) is 3. The van der Waals surface area contributed by atoms with Crippen LogP contribution in [0.3, 0.4) is 0 Å². The maximum Gasteiger partial charge on any atom is 0.242 e. The summed E-state index contributed by atoms with van der Waals surface area (Å²) in [4.78, 5) is 12.0. The first-order chi connectivity index (χ1) is 12.1. The molecular formula is C16H26N4O5Si. The summed E-state index contributed by atoms with van der Waals surface area (Å²) in [7, 11) is -2.22. The minimum absolute atomic E-state index is 0.0635. The summed E-state index contributed by atoms with van der Waals surface area (Å²) in [5.74, 6) is -0.229. The maximum atomic E-state index is 10.7. The normalized spacial score (nSPS) is 27.3. The molecule has 4 atom stereocenters. The highest BCUT2D eigenvalue weighted by molar-refractivity contribution is 6.74. The predicted octanol–water partition coefficient (Wildman–Crippen LogP) is 1.17. The van der Waals surface area contributed by atoms with Gasteiger partial charge in [0.25, 0.3) is 0 Å². The van der Waals surface area contributed by atoms with Crippen molar-refractivity contribution < 1.29 is 24.5 Å². The molecule has 1 aliphatic rings. The van der Waals surface area contributed by atoms with Gasteiger partial charge in [-0.1, -0.05) is 20.8 Å². The van der Waals surface area contributed by atoms with E-state index >= 15 is 0 Å². The molecule has 10 heteroatoms. The number of rotatable bonds is 4. The molecule has 3 rings (SSSR count). The monoisotopic (exact) mass is 382 g/mol. The molecule has 9 nitrogen and oxygen atoms in total. The Morgan fingerprint density at radius 2 is 1.96 bits per heavy atom. The first-order valence-electron chi connectivity index (χ1n) is 8.55. The van der Waals surface area contributed by atoms with Gasteiger partial charge in [-0.15, -0.1) is 0 Å². The van der Waals surface area contributed by atoms with Crippen LogP contribution < -0.4 is 0 Å². The Bertz CT molecular complexity index is 791. The number of ether oxygens (including phenoxy) is 1. The topological polar surface area (TPSA) is 123 Å². The van der Waals surface area contributed by atoms with Gasteiger partial charge >= 0.3 is 0 Å².